The van der Waals surface area contributed by atoms with Crippen LogP contribution in [0.5, 0.6) is 0 Å². The summed E-state index contributed by atoms with van der Waals surface area (Å²) in [5.74, 6) is -0.224. The van der Waals surface area contributed by atoms with Gasteiger partial charge in [-0.05, 0) is 25.5 Å². The summed E-state index contributed by atoms with van der Waals surface area (Å²) in [6, 6.07) is 10.4. The average Bonchev–Trinajstić information content (AvgIpc) is 2.62. The molecule has 0 aliphatic carbocycles. The van der Waals surface area contributed by atoms with E-state index in [2.05, 4.69) is 15.3 Å². The van der Waals surface area contributed by atoms with Gasteiger partial charge < -0.3 is 15.0 Å². The average molecular weight is 338 g/mol. The van der Waals surface area contributed by atoms with Crippen LogP contribution >= 0.6 is 0 Å². The van der Waals surface area contributed by atoms with Gasteiger partial charge in [0.25, 0.3) is 5.56 Å². The third-order valence-electron chi connectivity index (χ3n) is 3.29. The van der Waals surface area contributed by atoms with Crippen LogP contribution in [0.15, 0.2) is 46.9 Å². The molecule has 7 nitrogen and oxygen atoms in total. The van der Waals surface area contributed by atoms with Gasteiger partial charge in [-0.1, -0.05) is 19.1 Å². The van der Waals surface area contributed by atoms with E-state index < -0.39 is 5.97 Å². The van der Waals surface area contributed by atoms with E-state index in [1.54, 1.807) is 31.2 Å². The molecule has 7 heteroatoms. The van der Waals surface area contributed by atoms with Crippen molar-refractivity contribution in [3.63, 3.8) is 0 Å². The van der Waals surface area contributed by atoms with Crippen LogP contribution in [0.2, 0.25) is 0 Å². The molecule has 0 radical (unpaired) electrons. The lowest BCUT2D eigenvalue weighted by molar-refractivity contribution is -0.138. The van der Waals surface area contributed by atoms with Crippen molar-refractivity contribution in [3.8, 4) is 17.5 Å². The molecular formula is C18H18N4O3. The molecule has 1 heterocycles. The number of anilines is 1. The predicted octanol–water partition coefficient (Wildman–Crippen LogP) is 2.38. The third-order valence-corrected chi connectivity index (χ3v) is 3.29. The van der Waals surface area contributed by atoms with Crippen LogP contribution < -0.4 is 10.9 Å². The number of H-pyrrole nitrogens is 1. The van der Waals surface area contributed by atoms with Crippen LogP contribution in [-0.4, -0.2) is 22.5 Å². The highest BCUT2D eigenvalue weighted by Crippen LogP contribution is 2.19. The first-order chi connectivity index (χ1) is 12.1. The normalized spacial score (nSPS) is 10.8. The van der Waals surface area contributed by atoms with Crippen molar-refractivity contribution in [2.75, 3.05) is 11.9 Å². The molecule has 2 aromatic rings. The fourth-order valence-corrected chi connectivity index (χ4v) is 2.08. The Balaban J connectivity index is 2.28. The zero-order chi connectivity index (χ0) is 18.2. The lowest BCUT2D eigenvalue weighted by Crippen LogP contribution is -2.10. The first kappa shape index (κ1) is 17.9. The maximum absolute atomic E-state index is 11.7. The van der Waals surface area contributed by atoms with Crippen molar-refractivity contribution in [2.45, 2.75) is 20.3 Å². The number of benzene rings is 1. The Morgan fingerprint density at radius 2 is 2.20 bits per heavy atom. The minimum absolute atomic E-state index is 0.133. The SMILES string of the molecule is CCOC(=O)/C(C#N)=C/Nc1cccc(-c2nc(CC)cc(=O)[nH]2)c1. The lowest BCUT2D eigenvalue weighted by atomic mass is 10.1. The van der Waals surface area contributed by atoms with Crippen LogP contribution in [0.3, 0.4) is 0 Å². The summed E-state index contributed by atoms with van der Waals surface area (Å²) in [5.41, 5.74) is 1.70. The van der Waals surface area contributed by atoms with Crippen LogP contribution in [0.1, 0.15) is 19.5 Å². The van der Waals surface area contributed by atoms with Gasteiger partial charge in [-0.25, -0.2) is 9.78 Å². The van der Waals surface area contributed by atoms with Crippen molar-refractivity contribution in [3.05, 3.63) is 58.2 Å². The van der Waals surface area contributed by atoms with Crippen LogP contribution in [0.4, 0.5) is 5.69 Å². The molecule has 0 spiro atoms. The Bertz CT molecular complexity index is 894. The van der Waals surface area contributed by atoms with Gasteiger partial charge in [0, 0.05) is 29.2 Å². The molecule has 1 aromatic heterocycles. The zero-order valence-electron chi connectivity index (χ0n) is 14.0. The number of nitrogens with one attached hydrogen (secondary N) is 2. The van der Waals surface area contributed by atoms with Crippen LogP contribution in [0, 0.1) is 11.3 Å². The number of rotatable bonds is 6. The summed E-state index contributed by atoms with van der Waals surface area (Å²) in [6.45, 7) is 3.79. The number of ether oxygens (including phenoxy) is 1. The summed E-state index contributed by atoms with van der Waals surface area (Å²) >= 11 is 0. The van der Waals surface area contributed by atoms with E-state index in [1.807, 2.05) is 13.0 Å². The van der Waals surface area contributed by atoms with Gasteiger partial charge in [0.1, 0.15) is 11.9 Å². The largest absolute Gasteiger partial charge is 0.462 e. The first-order valence-corrected chi connectivity index (χ1v) is 7.82. The van der Waals surface area contributed by atoms with E-state index in [4.69, 9.17) is 10.00 Å². The number of carbonyl (C=O) groups excluding carboxylic acids is 1. The maximum atomic E-state index is 11.7. The number of aromatic amines is 1. The number of nitriles is 1. The van der Waals surface area contributed by atoms with Gasteiger partial charge in [0.05, 0.1) is 6.61 Å². The topological polar surface area (TPSA) is 108 Å². The molecule has 0 unspecified atom stereocenters. The highest BCUT2D eigenvalue weighted by atomic mass is 16.5. The summed E-state index contributed by atoms with van der Waals surface area (Å²) in [7, 11) is 0. The van der Waals surface area contributed by atoms with E-state index in [-0.39, 0.29) is 17.7 Å². The lowest BCUT2D eigenvalue weighted by Gasteiger charge is -2.06. The Hall–Kier alpha value is -3.40. The first-order valence-electron chi connectivity index (χ1n) is 7.82. The number of aromatic nitrogens is 2. The Morgan fingerprint density at radius 3 is 2.88 bits per heavy atom. The van der Waals surface area contributed by atoms with Crippen molar-refractivity contribution >= 4 is 11.7 Å². The molecule has 25 heavy (non-hydrogen) atoms. The highest BCUT2D eigenvalue weighted by molar-refractivity contribution is 5.93. The molecule has 2 rings (SSSR count). The van der Waals surface area contributed by atoms with Gasteiger partial charge in [-0.3, -0.25) is 4.79 Å². The minimum atomic E-state index is -0.685. The number of hydrogen-bond donors (Lipinski definition) is 2. The van der Waals surface area contributed by atoms with E-state index in [9.17, 15) is 9.59 Å². The molecule has 0 saturated carbocycles. The molecule has 2 N–H and O–H groups in total. The molecule has 0 fully saturated rings. The third kappa shape index (κ3) is 4.78. The molecule has 0 atom stereocenters. The van der Waals surface area contributed by atoms with Gasteiger partial charge in [-0.15, -0.1) is 0 Å². The maximum Gasteiger partial charge on any atom is 0.350 e. The smallest absolute Gasteiger partial charge is 0.350 e. The van der Waals surface area contributed by atoms with Crippen molar-refractivity contribution in [1.29, 1.82) is 5.26 Å². The number of carbonyl (C=O) groups is 1. The number of nitrogens with zero attached hydrogens (tertiary/aromatic N) is 2. The van der Waals surface area contributed by atoms with E-state index >= 15 is 0 Å². The van der Waals surface area contributed by atoms with Crippen molar-refractivity contribution in [1.82, 2.24) is 9.97 Å². The molecule has 128 valence electrons. The fraction of sp³-hybridized carbons (Fsp3) is 0.222. The Kier molecular flexibility index (Phi) is 6.07. The van der Waals surface area contributed by atoms with Crippen LogP contribution in [0.25, 0.3) is 11.4 Å². The summed E-state index contributed by atoms with van der Waals surface area (Å²) in [4.78, 5) is 30.4. The molecule has 0 amide bonds. The van der Waals surface area contributed by atoms with Gasteiger partial charge in [0.2, 0.25) is 0 Å². The second kappa shape index (κ2) is 8.45. The van der Waals surface area contributed by atoms with Crippen molar-refractivity contribution < 1.29 is 9.53 Å². The fourth-order valence-electron chi connectivity index (χ4n) is 2.08. The van der Waals surface area contributed by atoms with Gasteiger partial charge >= 0.3 is 5.97 Å². The van der Waals surface area contributed by atoms with Crippen LogP contribution in [-0.2, 0) is 16.0 Å². The van der Waals surface area contributed by atoms with Gasteiger partial charge in [0.15, 0.2) is 5.57 Å². The highest BCUT2D eigenvalue weighted by Gasteiger charge is 2.09. The molecule has 0 aliphatic rings. The molecule has 1 aromatic carbocycles. The molecule has 0 bridgehead atoms. The molecule has 0 aliphatic heterocycles. The monoisotopic (exact) mass is 338 g/mol. The minimum Gasteiger partial charge on any atom is -0.462 e. The summed E-state index contributed by atoms with van der Waals surface area (Å²) in [5, 5.41) is 11.9. The molecular weight excluding hydrogens is 320 g/mol. The number of esters is 1. The second-order valence-corrected chi connectivity index (χ2v) is 5.05. The van der Waals surface area contributed by atoms with E-state index in [0.717, 1.165) is 0 Å². The summed E-state index contributed by atoms with van der Waals surface area (Å²) < 4.78 is 4.80. The van der Waals surface area contributed by atoms with E-state index in [1.165, 1.54) is 12.3 Å². The van der Waals surface area contributed by atoms with Crippen molar-refractivity contribution in [2.24, 2.45) is 0 Å². The number of aryl methyl sites for hydroxylation is 1. The number of hydrogen-bond acceptors (Lipinski definition) is 6. The summed E-state index contributed by atoms with van der Waals surface area (Å²) in [6.07, 6.45) is 1.94. The standard InChI is InChI=1S/C18H18N4O3/c1-3-14-9-16(23)22-17(21-14)12-6-5-7-15(8-12)20-11-13(10-19)18(24)25-4-2/h5-9,11,20H,3-4H2,1-2H3,(H,21,22,23)/b13-11+. The van der Waals surface area contributed by atoms with E-state index in [0.29, 0.717) is 29.2 Å². The molecule has 0 saturated heterocycles. The predicted molar refractivity (Wildman–Crippen MR) is 93.6 cm³/mol. The second-order valence-electron chi connectivity index (χ2n) is 5.05. The Labute approximate surface area is 145 Å². The quantitative estimate of drug-likeness (QED) is 0.476. The zero-order valence-corrected chi connectivity index (χ0v) is 14.0. The Morgan fingerprint density at radius 1 is 1.40 bits per heavy atom. The van der Waals surface area contributed by atoms with Gasteiger partial charge in [-0.2, -0.15) is 5.26 Å².